The second kappa shape index (κ2) is 17.1. The summed E-state index contributed by atoms with van der Waals surface area (Å²) >= 11 is 4.06. The Bertz CT molecular complexity index is 913. The summed E-state index contributed by atoms with van der Waals surface area (Å²) in [6.07, 6.45) is 22.4. The lowest BCUT2D eigenvalue weighted by molar-refractivity contribution is 0.104. The van der Waals surface area contributed by atoms with Gasteiger partial charge in [-0.3, -0.25) is 0 Å². The Morgan fingerprint density at radius 3 is 2.08 bits per heavy atom. The molecule has 0 amide bonds. The summed E-state index contributed by atoms with van der Waals surface area (Å²) in [5.41, 5.74) is 3.15. The second-order valence-electron chi connectivity index (χ2n) is 11.1. The van der Waals surface area contributed by atoms with Crippen molar-refractivity contribution in [1.29, 1.82) is 0 Å². The van der Waals surface area contributed by atoms with E-state index in [4.69, 9.17) is 4.84 Å². The molecule has 3 aromatic heterocycles. The van der Waals surface area contributed by atoms with Gasteiger partial charge in [-0.05, 0) is 75.9 Å². The summed E-state index contributed by atoms with van der Waals surface area (Å²) in [5.74, 6) is 1.63. The number of hydrogen-bond acceptors (Lipinski definition) is 4. The number of hydrogen-bond donors (Lipinski definition) is 0. The smallest absolute Gasteiger partial charge is 0.238 e. The van der Waals surface area contributed by atoms with E-state index in [0.717, 1.165) is 24.8 Å². The molecule has 0 aliphatic heterocycles. The fourth-order valence-corrected chi connectivity index (χ4v) is 7.59. The van der Waals surface area contributed by atoms with E-state index in [1.165, 1.54) is 77.0 Å². The van der Waals surface area contributed by atoms with Gasteiger partial charge in [-0.15, -0.1) is 0 Å². The fraction of sp³-hybridized carbons (Fsp3) is 0.645. The Kier molecular flexibility index (Phi) is 13.9. The van der Waals surface area contributed by atoms with Crippen molar-refractivity contribution in [3.8, 4) is 0 Å². The molecule has 1 aliphatic carbocycles. The molecule has 0 spiro atoms. The van der Waals surface area contributed by atoms with Gasteiger partial charge in [0.15, 0.2) is 0 Å². The molecule has 0 bridgehead atoms. The zero-order valence-corrected chi connectivity index (χ0v) is 25.4. The van der Waals surface area contributed by atoms with Gasteiger partial charge in [-0.25, -0.2) is 4.98 Å². The van der Waals surface area contributed by atoms with Crippen LogP contribution in [0, 0.1) is 5.92 Å². The fourth-order valence-electron chi connectivity index (χ4n) is 5.20. The van der Waals surface area contributed by atoms with Crippen LogP contribution in [0.3, 0.4) is 0 Å². The molecule has 4 rings (SSSR count). The number of aryl methyl sites for hydroxylation is 2. The minimum Gasteiger partial charge on any atom is -0.413 e. The molecule has 3 aromatic rings. The summed E-state index contributed by atoms with van der Waals surface area (Å²) in [6, 6.07) is 5.09. The van der Waals surface area contributed by atoms with Gasteiger partial charge in [0, 0.05) is 6.20 Å². The van der Waals surface area contributed by atoms with E-state index in [2.05, 4.69) is 55.6 Å². The van der Waals surface area contributed by atoms with Crippen molar-refractivity contribution in [3.05, 3.63) is 52.7 Å². The van der Waals surface area contributed by atoms with Gasteiger partial charge in [0.1, 0.15) is 12.9 Å². The van der Waals surface area contributed by atoms with Crippen LogP contribution in [0.15, 0.2) is 41.6 Å². The summed E-state index contributed by atoms with van der Waals surface area (Å²) in [7, 11) is 0. The van der Waals surface area contributed by atoms with Crippen LogP contribution in [0.25, 0.3) is 0 Å². The van der Waals surface area contributed by atoms with Crippen molar-refractivity contribution in [3.63, 3.8) is 0 Å². The topological polar surface area (TPSA) is 27.1 Å². The van der Waals surface area contributed by atoms with E-state index in [-0.39, 0.29) is 0 Å². The molecule has 0 saturated heterocycles. The Hall–Kier alpha value is -1.53. The minimum atomic E-state index is 0.668. The summed E-state index contributed by atoms with van der Waals surface area (Å²) in [4.78, 5) is 9.22. The van der Waals surface area contributed by atoms with Gasteiger partial charge in [0.25, 0.3) is 0 Å². The molecule has 1 saturated carbocycles. The maximum Gasteiger partial charge on any atom is 0.238 e. The van der Waals surface area contributed by atoms with Crippen molar-refractivity contribution in [1.82, 2.24) is 9.71 Å². The van der Waals surface area contributed by atoms with Crippen LogP contribution in [0.4, 0.5) is 0 Å². The zero-order chi connectivity index (χ0) is 26.3. The summed E-state index contributed by atoms with van der Waals surface area (Å²) < 4.78 is 4.92. The molecule has 0 radical (unpaired) electrons. The van der Waals surface area contributed by atoms with Crippen molar-refractivity contribution >= 4 is 38.9 Å². The molecule has 0 aromatic carbocycles. The second-order valence-corrected chi connectivity index (χ2v) is 13.0. The molecule has 3 heterocycles. The largest absolute Gasteiger partial charge is 0.413 e. The van der Waals surface area contributed by atoms with Gasteiger partial charge in [-0.2, -0.15) is 27.4 Å². The van der Waals surface area contributed by atoms with Crippen LogP contribution in [-0.2, 0) is 12.8 Å². The normalized spacial score (nSPS) is 14.0. The number of nitrogens with zero attached hydrogens (tertiary/aromatic N) is 2. The van der Waals surface area contributed by atoms with E-state index < -0.39 is 0 Å². The minimum absolute atomic E-state index is 0.668. The Morgan fingerprint density at radius 2 is 1.57 bits per heavy atom. The maximum atomic E-state index is 5.35. The third kappa shape index (κ3) is 10.6. The molecule has 6 heteroatoms. The predicted molar refractivity (Wildman–Crippen MR) is 165 cm³/mol. The third-order valence-corrected chi connectivity index (χ3v) is 9.50. The van der Waals surface area contributed by atoms with Crippen molar-refractivity contribution in [2.75, 3.05) is 6.61 Å². The molecule has 0 N–H and O–H groups in total. The van der Waals surface area contributed by atoms with Crippen LogP contribution in [0.5, 0.6) is 0 Å². The Labute approximate surface area is 235 Å². The van der Waals surface area contributed by atoms with Gasteiger partial charge in [-0.1, -0.05) is 90.6 Å². The Balaban J connectivity index is 0.000000266. The van der Waals surface area contributed by atoms with Crippen molar-refractivity contribution in [2.45, 2.75) is 117 Å². The molecule has 1 fully saturated rings. The van der Waals surface area contributed by atoms with Crippen LogP contribution < -0.4 is 14.4 Å². The molecular weight excluding hydrogens is 491 g/mol. The first-order chi connectivity index (χ1) is 18.1. The highest BCUT2D eigenvalue weighted by Gasteiger charge is 2.32. The number of thiophene rings is 2. The number of imidazole rings is 1. The van der Waals surface area contributed by atoms with Crippen molar-refractivity contribution in [2.24, 2.45) is 5.92 Å². The van der Waals surface area contributed by atoms with E-state index in [0.29, 0.717) is 6.71 Å². The molecule has 1 aliphatic rings. The molecule has 0 unspecified atom stereocenters. The van der Waals surface area contributed by atoms with E-state index in [1.54, 1.807) is 44.1 Å². The van der Waals surface area contributed by atoms with Gasteiger partial charge in [0.2, 0.25) is 6.71 Å². The SMILES string of the molecule is CC(C)CCCOn1ccnc1.CCCCc1csc(B(c2cc(CCCC)cs2)C2CCCCC2)c1. The van der Waals surface area contributed by atoms with Crippen LogP contribution in [-0.4, -0.2) is 23.0 Å². The zero-order valence-electron chi connectivity index (χ0n) is 23.8. The number of aromatic nitrogens is 2. The lowest BCUT2D eigenvalue weighted by Crippen LogP contribution is -2.43. The highest BCUT2D eigenvalue weighted by molar-refractivity contribution is 7.31. The van der Waals surface area contributed by atoms with E-state index in [1.807, 2.05) is 22.7 Å². The molecule has 204 valence electrons. The monoisotopic (exact) mass is 540 g/mol. The lowest BCUT2D eigenvalue weighted by Gasteiger charge is -2.26. The third-order valence-electron chi connectivity index (χ3n) is 7.37. The van der Waals surface area contributed by atoms with Crippen molar-refractivity contribution < 1.29 is 4.84 Å². The Morgan fingerprint density at radius 1 is 0.946 bits per heavy atom. The standard InChI is InChI=1S/C22H33BS2.C9H16N2O/c1-3-5-10-18-14-21(24-16-18)23(20-12-8-7-9-13-20)22-15-19(17-25-22)11-6-4-2;1-9(2)4-3-7-12-11-6-5-10-8-11/h14-17,20H,3-13H2,1-2H3;5-6,8-9H,3-4,7H2,1-2H3. The molecular formula is C31H49BN2OS2. The molecule has 3 nitrogen and oxygen atoms in total. The maximum absolute atomic E-state index is 5.35. The summed E-state index contributed by atoms with van der Waals surface area (Å²) in [6.45, 7) is 10.5. The first kappa shape index (κ1) is 30.0. The average molecular weight is 541 g/mol. The highest BCUT2D eigenvalue weighted by atomic mass is 32.1. The van der Waals surface area contributed by atoms with Gasteiger partial charge in [0.05, 0.1) is 6.20 Å². The van der Waals surface area contributed by atoms with Crippen LogP contribution in [0.2, 0.25) is 5.82 Å². The van der Waals surface area contributed by atoms with Crippen LogP contribution >= 0.6 is 22.7 Å². The van der Waals surface area contributed by atoms with Gasteiger partial charge >= 0.3 is 0 Å². The molecule has 37 heavy (non-hydrogen) atoms. The van der Waals surface area contributed by atoms with E-state index in [9.17, 15) is 0 Å². The summed E-state index contributed by atoms with van der Waals surface area (Å²) in [5, 5.41) is 4.87. The lowest BCUT2D eigenvalue weighted by atomic mass is 9.37. The molecule has 0 atom stereocenters. The highest BCUT2D eigenvalue weighted by Crippen LogP contribution is 2.32. The number of unbranched alkanes of at least 4 members (excludes halogenated alkanes) is 2. The van der Waals surface area contributed by atoms with E-state index >= 15 is 0 Å². The quantitative estimate of drug-likeness (QED) is 0.152. The van der Waals surface area contributed by atoms with Gasteiger partial charge < -0.3 is 4.84 Å². The first-order valence-corrected chi connectivity index (χ1v) is 16.6. The average Bonchev–Trinajstić information content (AvgIpc) is 3.69. The first-order valence-electron chi connectivity index (χ1n) is 14.9. The number of rotatable bonds is 14. The van der Waals surface area contributed by atoms with Crippen LogP contribution in [0.1, 0.15) is 109 Å². The predicted octanol–water partition coefficient (Wildman–Crippen LogP) is 8.19.